The van der Waals surface area contributed by atoms with E-state index in [1.54, 1.807) is 0 Å². The molecule has 0 unspecified atom stereocenters. The molecule has 0 N–H and O–H groups in total. The van der Waals surface area contributed by atoms with Crippen molar-refractivity contribution in [1.29, 1.82) is 0 Å². The van der Waals surface area contributed by atoms with Gasteiger partial charge >= 0.3 is 0 Å². The minimum atomic E-state index is 0.602. The van der Waals surface area contributed by atoms with E-state index in [-0.39, 0.29) is 0 Å². The van der Waals surface area contributed by atoms with Gasteiger partial charge in [-0.1, -0.05) is 176 Å². The zero-order valence-corrected chi connectivity index (χ0v) is 34.0. The van der Waals surface area contributed by atoms with Gasteiger partial charge in [0.1, 0.15) is 0 Å². The van der Waals surface area contributed by atoms with E-state index >= 15 is 0 Å². The summed E-state index contributed by atoms with van der Waals surface area (Å²) in [6.07, 6.45) is 0. The fourth-order valence-electron chi connectivity index (χ4n) is 8.51. The first-order chi connectivity index (χ1) is 30.6. The van der Waals surface area contributed by atoms with Crippen LogP contribution in [0.1, 0.15) is 5.56 Å². The molecule has 0 amide bonds. The molecule has 11 rings (SSSR count). The second kappa shape index (κ2) is 15.7. The van der Waals surface area contributed by atoms with Crippen molar-refractivity contribution in [2.45, 2.75) is 6.92 Å². The molecule has 0 aliphatic heterocycles. The number of nitrogens with zero attached hydrogens (tertiary/aromatic N) is 5. The predicted molar refractivity (Wildman–Crippen MR) is 255 cm³/mol. The molecule has 62 heavy (non-hydrogen) atoms. The van der Waals surface area contributed by atoms with Crippen molar-refractivity contribution in [2.75, 3.05) is 0 Å². The lowest BCUT2D eigenvalue weighted by molar-refractivity contribution is 1.13. The van der Waals surface area contributed by atoms with E-state index in [1.165, 1.54) is 21.9 Å². The second-order valence-corrected chi connectivity index (χ2v) is 15.5. The highest BCUT2D eigenvalue weighted by molar-refractivity contribution is 6.11. The van der Waals surface area contributed by atoms with Crippen LogP contribution in [0.5, 0.6) is 0 Å². The predicted octanol–water partition coefficient (Wildman–Crippen LogP) is 14.3. The molecule has 0 spiro atoms. The lowest BCUT2D eigenvalue weighted by Crippen LogP contribution is -2.03. The molecule has 3 aromatic heterocycles. The molecule has 11 aromatic rings. The number of fused-ring (bicyclic) bond motifs is 3. The quantitative estimate of drug-likeness (QED) is 0.154. The minimum Gasteiger partial charge on any atom is -0.308 e. The zero-order chi connectivity index (χ0) is 41.4. The Balaban J connectivity index is 1.21. The number of benzene rings is 8. The van der Waals surface area contributed by atoms with Crippen LogP contribution in [0, 0.1) is 6.92 Å². The Labute approximate surface area is 360 Å². The van der Waals surface area contributed by atoms with E-state index in [0.717, 1.165) is 78.4 Å². The van der Waals surface area contributed by atoms with Gasteiger partial charge in [-0.25, -0.2) is 19.9 Å². The highest BCUT2D eigenvalue weighted by Crippen LogP contribution is 2.40. The van der Waals surface area contributed by atoms with Crippen LogP contribution in [-0.2, 0) is 0 Å². The Morgan fingerprint density at radius 2 is 0.758 bits per heavy atom. The van der Waals surface area contributed by atoms with Crippen LogP contribution in [0.4, 0.5) is 0 Å². The Bertz CT molecular complexity index is 3280. The Morgan fingerprint density at radius 3 is 1.31 bits per heavy atom. The van der Waals surface area contributed by atoms with E-state index in [9.17, 15) is 0 Å². The Morgan fingerprint density at radius 1 is 0.306 bits per heavy atom. The summed E-state index contributed by atoms with van der Waals surface area (Å²) in [5.74, 6) is 1.22. The average Bonchev–Trinajstić information content (AvgIpc) is 3.68. The van der Waals surface area contributed by atoms with Crippen molar-refractivity contribution in [3.05, 3.63) is 224 Å². The number of hydrogen-bond donors (Lipinski definition) is 0. The van der Waals surface area contributed by atoms with E-state index in [4.69, 9.17) is 19.9 Å². The van der Waals surface area contributed by atoms with Crippen molar-refractivity contribution < 1.29 is 0 Å². The van der Waals surface area contributed by atoms with Gasteiger partial charge in [0.05, 0.1) is 39.5 Å². The van der Waals surface area contributed by atoms with Gasteiger partial charge in [-0.2, -0.15) is 0 Å². The van der Waals surface area contributed by atoms with Crippen molar-refractivity contribution in [3.63, 3.8) is 0 Å². The van der Waals surface area contributed by atoms with Crippen molar-refractivity contribution in [3.8, 4) is 84.6 Å². The fraction of sp³-hybridized carbons (Fsp3) is 0.0175. The third-order valence-electron chi connectivity index (χ3n) is 11.6. The lowest BCUT2D eigenvalue weighted by atomic mass is 9.99. The van der Waals surface area contributed by atoms with Crippen LogP contribution in [0.3, 0.4) is 0 Å². The molecule has 0 aliphatic rings. The van der Waals surface area contributed by atoms with Crippen molar-refractivity contribution >= 4 is 21.8 Å². The van der Waals surface area contributed by atoms with Gasteiger partial charge in [0.2, 0.25) is 0 Å². The number of aryl methyl sites for hydroxylation is 1. The molecule has 292 valence electrons. The van der Waals surface area contributed by atoms with Gasteiger partial charge in [0.25, 0.3) is 0 Å². The van der Waals surface area contributed by atoms with Crippen LogP contribution >= 0.6 is 0 Å². The van der Waals surface area contributed by atoms with E-state index < -0.39 is 0 Å². The van der Waals surface area contributed by atoms with E-state index in [0.29, 0.717) is 11.6 Å². The smallest absolute Gasteiger partial charge is 0.162 e. The highest BCUT2D eigenvalue weighted by Gasteiger charge is 2.22. The third kappa shape index (κ3) is 6.82. The van der Waals surface area contributed by atoms with Crippen LogP contribution in [0.15, 0.2) is 218 Å². The summed E-state index contributed by atoms with van der Waals surface area (Å²) in [5, 5.41) is 2.34. The summed E-state index contributed by atoms with van der Waals surface area (Å²) in [6, 6.07) is 76.0. The van der Waals surface area contributed by atoms with Crippen molar-refractivity contribution in [2.24, 2.45) is 0 Å². The molecule has 0 saturated carbocycles. The summed E-state index contributed by atoms with van der Waals surface area (Å²) >= 11 is 0. The first kappa shape index (κ1) is 36.8. The SMILES string of the molecule is Cc1ccccc1-c1ccc2c3ccccc3n(-c3ccc(-c4nc(-c5ccccc5)cc(-c5ccccc5)n4)cc3-c3nc(-c4ccccc4)cc(-c4ccccc4)n3)c2c1. The molecule has 8 aromatic carbocycles. The number of hydrogen-bond acceptors (Lipinski definition) is 4. The third-order valence-corrected chi connectivity index (χ3v) is 11.6. The molecular weight excluding hydrogens is 755 g/mol. The molecule has 0 bridgehead atoms. The van der Waals surface area contributed by atoms with E-state index in [1.807, 2.05) is 48.5 Å². The average molecular weight is 794 g/mol. The molecule has 5 heteroatoms. The minimum absolute atomic E-state index is 0.602. The summed E-state index contributed by atoms with van der Waals surface area (Å²) < 4.78 is 2.38. The van der Waals surface area contributed by atoms with Crippen LogP contribution in [-0.4, -0.2) is 24.5 Å². The lowest BCUT2D eigenvalue weighted by Gasteiger charge is -2.17. The zero-order valence-electron chi connectivity index (χ0n) is 34.0. The van der Waals surface area contributed by atoms with Gasteiger partial charge in [-0.3, -0.25) is 0 Å². The number of aromatic nitrogens is 5. The normalized spacial score (nSPS) is 11.3. The van der Waals surface area contributed by atoms with Crippen molar-refractivity contribution in [1.82, 2.24) is 24.5 Å². The summed E-state index contributed by atoms with van der Waals surface area (Å²) in [5.41, 5.74) is 15.9. The maximum atomic E-state index is 5.41. The van der Waals surface area contributed by atoms with Gasteiger partial charge in [0.15, 0.2) is 11.6 Å². The molecule has 0 aliphatic carbocycles. The first-order valence-corrected chi connectivity index (χ1v) is 20.9. The first-order valence-electron chi connectivity index (χ1n) is 20.9. The molecule has 0 saturated heterocycles. The van der Waals surface area contributed by atoms with Crippen LogP contribution in [0.25, 0.3) is 106 Å². The molecule has 0 atom stereocenters. The van der Waals surface area contributed by atoms with Gasteiger partial charge < -0.3 is 4.57 Å². The topological polar surface area (TPSA) is 56.5 Å². The highest BCUT2D eigenvalue weighted by atomic mass is 15.0. The van der Waals surface area contributed by atoms with Gasteiger partial charge in [-0.15, -0.1) is 0 Å². The maximum Gasteiger partial charge on any atom is 0.162 e. The Kier molecular flexibility index (Phi) is 9.32. The molecule has 5 nitrogen and oxygen atoms in total. The number of para-hydroxylation sites is 1. The fourth-order valence-corrected chi connectivity index (χ4v) is 8.51. The maximum absolute atomic E-state index is 5.41. The van der Waals surface area contributed by atoms with Crippen LogP contribution in [0.2, 0.25) is 0 Å². The molecule has 0 radical (unpaired) electrons. The molecule has 0 fully saturated rings. The summed E-state index contributed by atoms with van der Waals surface area (Å²) in [7, 11) is 0. The van der Waals surface area contributed by atoms with E-state index in [2.05, 4.69) is 181 Å². The monoisotopic (exact) mass is 793 g/mol. The summed E-state index contributed by atoms with van der Waals surface area (Å²) in [6.45, 7) is 2.17. The largest absolute Gasteiger partial charge is 0.308 e. The molecule has 3 heterocycles. The number of rotatable bonds is 8. The van der Waals surface area contributed by atoms with Gasteiger partial charge in [0, 0.05) is 44.2 Å². The Hall–Kier alpha value is -8.28. The molecular formula is C57H39N5. The van der Waals surface area contributed by atoms with Crippen LogP contribution < -0.4 is 0 Å². The second-order valence-electron chi connectivity index (χ2n) is 15.5. The standard InChI is InChI=1S/C57H39N5/c1-38-18-14-15-27-45(38)43-30-32-47-46-28-16-17-29-53(46)62(55(47)35-43)54-33-31-44(56-58-49(39-19-6-2-7-20-39)36-50(59-56)40-21-8-3-9-22-40)34-48(54)57-60-51(41-23-10-4-11-24-41)37-52(61-57)42-25-12-5-13-26-42/h2-37H,1H3. The summed E-state index contributed by atoms with van der Waals surface area (Å²) in [4.78, 5) is 21.3. The van der Waals surface area contributed by atoms with Gasteiger partial charge in [-0.05, 0) is 66.1 Å².